The molecule has 0 fully saturated rings. The summed E-state index contributed by atoms with van der Waals surface area (Å²) in [5.41, 5.74) is 0. The Labute approximate surface area is 138 Å². The molecule has 122 valence electrons. The van der Waals surface area contributed by atoms with Crippen molar-refractivity contribution in [2.75, 3.05) is 0 Å². The fourth-order valence-corrected chi connectivity index (χ4v) is 0.874. The maximum absolute atomic E-state index is 8.89. The van der Waals surface area contributed by atoms with Gasteiger partial charge in [-0.25, -0.2) is 0 Å². The van der Waals surface area contributed by atoms with Crippen molar-refractivity contribution in [3.8, 4) is 0 Å². The number of carbonyl (C=O) groups excluding carboxylic acids is 3. The number of hydrogen-bond acceptors (Lipinski definition) is 6. The van der Waals surface area contributed by atoms with E-state index in [4.69, 9.17) is 29.7 Å². The molecule has 0 atom stereocenters. The van der Waals surface area contributed by atoms with E-state index in [1.165, 1.54) is 25.7 Å². The Morgan fingerprint density at radius 1 is 0.714 bits per heavy atom. The van der Waals surface area contributed by atoms with Gasteiger partial charge in [0, 0.05) is 17.9 Å². The third-order valence-corrected chi connectivity index (χ3v) is 1.37. The molecule has 0 saturated heterocycles. The van der Waals surface area contributed by atoms with E-state index in [2.05, 4.69) is 24.3 Å². The van der Waals surface area contributed by atoms with Crippen LogP contribution in [0, 0.1) is 0 Å². The summed E-state index contributed by atoms with van der Waals surface area (Å²) in [6, 6.07) is 0. The molecule has 0 aromatic heterocycles. The van der Waals surface area contributed by atoms with Crippen molar-refractivity contribution in [3.63, 3.8) is 0 Å². The molecule has 0 aromatic rings. The molecule has 1 aliphatic rings. The third-order valence-electron chi connectivity index (χ3n) is 1.37. The van der Waals surface area contributed by atoms with Crippen LogP contribution in [0.25, 0.3) is 0 Å². The predicted molar refractivity (Wildman–Crippen MR) is 68.8 cm³/mol. The number of aliphatic carboxylic acids is 3. The van der Waals surface area contributed by atoms with Gasteiger partial charge in [0.1, 0.15) is 0 Å². The van der Waals surface area contributed by atoms with Crippen LogP contribution in [0.1, 0.15) is 46.5 Å². The summed E-state index contributed by atoms with van der Waals surface area (Å²) < 4.78 is 0. The first-order valence-electron chi connectivity index (χ1n) is 6.04. The molecule has 0 spiro atoms. The predicted octanol–water partition coefficient (Wildman–Crippen LogP) is -1.06. The molecule has 0 bridgehead atoms. The first kappa shape index (κ1) is 27.8. The largest absolute Gasteiger partial charge is 3.00 e. The Morgan fingerprint density at radius 3 is 1.10 bits per heavy atom. The van der Waals surface area contributed by atoms with Crippen molar-refractivity contribution in [1.82, 2.24) is 0 Å². The molecule has 0 N–H and O–H groups in total. The molecule has 0 unspecified atom stereocenters. The summed E-state index contributed by atoms with van der Waals surface area (Å²) in [4.78, 5) is 26.7. The van der Waals surface area contributed by atoms with Crippen LogP contribution in [0.4, 0.5) is 0 Å². The zero-order valence-corrected chi connectivity index (χ0v) is 14.1. The minimum atomic E-state index is -1.08. The minimum Gasteiger partial charge on any atom is -0.550 e. The first-order valence-corrected chi connectivity index (χ1v) is 6.04. The monoisotopic (exact) mass is 388 g/mol. The zero-order valence-electron chi connectivity index (χ0n) is 12.4. The van der Waals surface area contributed by atoms with Gasteiger partial charge >= 0.3 is 19.5 Å². The van der Waals surface area contributed by atoms with Crippen molar-refractivity contribution in [2.45, 2.75) is 46.5 Å². The van der Waals surface area contributed by atoms with Gasteiger partial charge in [-0.05, 0) is 46.5 Å². The van der Waals surface area contributed by atoms with Crippen LogP contribution >= 0.6 is 0 Å². The van der Waals surface area contributed by atoms with Crippen LogP contribution in [0.2, 0.25) is 0 Å². The number of carboxylic acids is 3. The van der Waals surface area contributed by atoms with Crippen molar-refractivity contribution in [2.24, 2.45) is 0 Å². The SMILES string of the molecule is C1=CCCCCC=C1.CC(=O)[O-].CC(=O)[O-].CC(=O)[O-].[Rh+3]. The molecule has 0 radical (unpaired) electrons. The van der Waals surface area contributed by atoms with Gasteiger partial charge in [-0.2, -0.15) is 0 Å². The molecular formula is C14H21O6Rh. The molecule has 0 amide bonds. The van der Waals surface area contributed by atoms with Gasteiger partial charge < -0.3 is 29.7 Å². The maximum Gasteiger partial charge on any atom is 3.00 e. The van der Waals surface area contributed by atoms with Gasteiger partial charge in [0.25, 0.3) is 0 Å². The van der Waals surface area contributed by atoms with Crippen LogP contribution in [0.5, 0.6) is 0 Å². The molecule has 0 aromatic carbocycles. The zero-order chi connectivity index (χ0) is 16.4. The molecule has 21 heavy (non-hydrogen) atoms. The average molecular weight is 388 g/mol. The molecule has 1 rings (SSSR count). The number of allylic oxidation sites excluding steroid dienone is 4. The second-order valence-electron chi connectivity index (χ2n) is 3.62. The smallest absolute Gasteiger partial charge is 0.550 e. The molecular weight excluding hydrogens is 367 g/mol. The van der Waals surface area contributed by atoms with Crippen molar-refractivity contribution in [1.29, 1.82) is 0 Å². The Kier molecular flexibility index (Phi) is 31.2. The maximum atomic E-state index is 8.89. The Hall–Kier alpha value is -1.49. The second-order valence-corrected chi connectivity index (χ2v) is 3.62. The molecule has 1 aliphatic carbocycles. The van der Waals surface area contributed by atoms with E-state index in [1.54, 1.807) is 0 Å². The van der Waals surface area contributed by atoms with Crippen LogP contribution in [0.3, 0.4) is 0 Å². The normalized spacial score (nSPS) is 11.2. The van der Waals surface area contributed by atoms with E-state index in [-0.39, 0.29) is 19.5 Å². The van der Waals surface area contributed by atoms with Crippen LogP contribution in [-0.2, 0) is 33.9 Å². The Morgan fingerprint density at radius 2 is 0.905 bits per heavy atom. The van der Waals surface area contributed by atoms with Crippen LogP contribution < -0.4 is 15.3 Å². The van der Waals surface area contributed by atoms with E-state index in [0.29, 0.717) is 0 Å². The van der Waals surface area contributed by atoms with Gasteiger partial charge in [-0.1, -0.05) is 24.3 Å². The van der Waals surface area contributed by atoms with E-state index in [9.17, 15) is 0 Å². The van der Waals surface area contributed by atoms with E-state index in [1.807, 2.05) is 0 Å². The van der Waals surface area contributed by atoms with Crippen LogP contribution in [0.15, 0.2) is 24.3 Å². The summed E-state index contributed by atoms with van der Waals surface area (Å²) in [6.45, 7) is 2.92. The van der Waals surface area contributed by atoms with Gasteiger partial charge in [0.2, 0.25) is 0 Å². The number of rotatable bonds is 0. The van der Waals surface area contributed by atoms with Gasteiger partial charge in [-0.15, -0.1) is 0 Å². The summed E-state index contributed by atoms with van der Waals surface area (Å²) in [5, 5.41) is 26.7. The second kappa shape index (κ2) is 23.6. The van der Waals surface area contributed by atoms with E-state index >= 15 is 0 Å². The minimum absolute atomic E-state index is 0. The van der Waals surface area contributed by atoms with E-state index in [0.717, 1.165) is 20.8 Å². The summed E-state index contributed by atoms with van der Waals surface area (Å²) in [6.07, 6.45) is 14.0. The summed E-state index contributed by atoms with van der Waals surface area (Å²) in [7, 11) is 0. The molecule has 6 nitrogen and oxygen atoms in total. The Balaban J connectivity index is -0.0000000973. The van der Waals surface area contributed by atoms with Crippen molar-refractivity contribution < 1.29 is 49.2 Å². The molecule has 0 saturated carbocycles. The molecule has 7 heteroatoms. The standard InChI is InChI=1S/C8H12.3C2H4O2.Rh/c1-2-4-6-8-7-5-3-1;3*1-2(3)4;/h1-4H,5-8H2;3*1H3,(H,3,4);/q;;;;+3/p-3. The average Bonchev–Trinajstić information content (AvgIpc) is 2.12. The molecule has 0 heterocycles. The van der Waals surface area contributed by atoms with Crippen LogP contribution in [-0.4, -0.2) is 17.9 Å². The van der Waals surface area contributed by atoms with Gasteiger partial charge in [-0.3, -0.25) is 0 Å². The Bertz CT molecular complexity index is 269. The number of hydrogen-bond donors (Lipinski definition) is 0. The third kappa shape index (κ3) is 119. The van der Waals surface area contributed by atoms with Gasteiger partial charge in [0.15, 0.2) is 0 Å². The molecule has 0 aliphatic heterocycles. The first-order chi connectivity index (χ1) is 9.20. The topological polar surface area (TPSA) is 120 Å². The number of carboxylic acid groups (broad SMARTS) is 3. The van der Waals surface area contributed by atoms with Crippen molar-refractivity contribution in [3.05, 3.63) is 24.3 Å². The van der Waals surface area contributed by atoms with E-state index < -0.39 is 17.9 Å². The summed E-state index contributed by atoms with van der Waals surface area (Å²) >= 11 is 0. The fourth-order valence-electron chi connectivity index (χ4n) is 0.874. The fraction of sp³-hybridized carbons (Fsp3) is 0.500. The quantitative estimate of drug-likeness (QED) is 0.488. The number of carbonyl (C=O) groups is 3. The van der Waals surface area contributed by atoms with Crippen molar-refractivity contribution >= 4 is 17.9 Å². The van der Waals surface area contributed by atoms with Gasteiger partial charge in [0.05, 0.1) is 0 Å². The summed E-state index contributed by atoms with van der Waals surface area (Å²) in [5.74, 6) is -3.25.